The fraction of sp³-hybridized carbons (Fsp3) is 0.0526. The van der Waals surface area contributed by atoms with Gasteiger partial charge in [-0.25, -0.2) is 12.8 Å². The number of fused-ring (bicyclic) bond motifs is 3. The van der Waals surface area contributed by atoms with Crippen LogP contribution < -0.4 is 4.31 Å². The number of phenolic OH excluding ortho intramolecular Hbond substituents is 3. The lowest BCUT2D eigenvalue weighted by atomic mass is 10.0. The van der Waals surface area contributed by atoms with E-state index < -0.39 is 33.1 Å². The first kappa shape index (κ1) is 17.2. The van der Waals surface area contributed by atoms with Gasteiger partial charge < -0.3 is 15.3 Å². The Balaban J connectivity index is 2.01. The van der Waals surface area contributed by atoms with Crippen molar-refractivity contribution in [3.63, 3.8) is 0 Å². The SMILES string of the molecule is O=S1(=O)c2cc(O)c(O)cc2-c2cc(F)c(O)cc2N1Cc1ccccc1. The third-order valence-electron chi connectivity index (χ3n) is 4.44. The zero-order valence-electron chi connectivity index (χ0n) is 13.8. The standard InChI is InChI=1S/C19H14FNO5S/c20-14-6-12-13-7-17(23)18(24)9-19(13)27(25,26)21(15(12)8-16(14)22)10-11-4-2-1-3-5-11/h1-9,22-24H,10H2. The van der Waals surface area contributed by atoms with Crippen LogP contribution in [0.5, 0.6) is 17.2 Å². The molecule has 0 unspecified atom stereocenters. The first-order chi connectivity index (χ1) is 12.8. The number of hydrogen-bond donors (Lipinski definition) is 3. The molecule has 3 aromatic rings. The van der Waals surface area contributed by atoms with Gasteiger partial charge in [0, 0.05) is 23.3 Å². The summed E-state index contributed by atoms with van der Waals surface area (Å²) in [5.74, 6) is -2.74. The number of rotatable bonds is 2. The molecule has 0 spiro atoms. The number of halogens is 1. The second-order valence-electron chi connectivity index (χ2n) is 6.16. The third-order valence-corrected chi connectivity index (χ3v) is 6.24. The molecule has 0 saturated heterocycles. The van der Waals surface area contributed by atoms with Gasteiger partial charge in [0.25, 0.3) is 10.0 Å². The molecule has 0 atom stereocenters. The molecule has 27 heavy (non-hydrogen) atoms. The first-order valence-corrected chi connectivity index (χ1v) is 9.38. The molecule has 0 aromatic heterocycles. The largest absolute Gasteiger partial charge is 0.505 e. The first-order valence-electron chi connectivity index (χ1n) is 7.94. The van der Waals surface area contributed by atoms with Crippen molar-refractivity contribution in [2.75, 3.05) is 4.31 Å². The van der Waals surface area contributed by atoms with Gasteiger partial charge in [-0.15, -0.1) is 0 Å². The Hall–Kier alpha value is -3.26. The van der Waals surface area contributed by atoms with E-state index in [1.165, 1.54) is 0 Å². The Kier molecular flexibility index (Phi) is 3.74. The molecule has 138 valence electrons. The molecule has 0 saturated carbocycles. The normalized spacial score (nSPS) is 14.5. The van der Waals surface area contributed by atoms with Crippen LogP contribution in [0.15, 0.2) is 59.5 Å². The van der Waals surface area contributed by atoms with Crippen molar-refractivity contribution in [1.29, 1.82) is 0 Å². The van der Waals surface area contributed by atoms with Crippen molar-refractivity contribution in [3.8, 4) is 28.4 Å². The predicted molar refractivity (Wildman–Crippen MR) is 96.6 cm³/mol. The zero-order chi connectivity index (χ0) is 19.3. The molecule has 3 N–H and O–H groups in total. The number of hydrogen-bond acceptors (Lipinski definition) is 5. The van der Waals surface area contributed by atoms with Crippen molar-refractivity contribution in [1.82, 2.24) is 0 Å². The van der Waals surface area contributed by atoms with Crippen LogP contribution >= 0.6 is 0 Å². The fourth-order valence-electron chi connectivity index (χ4n) is 3.12. The van der Waals surface area contributed by atoms with Crippen molar-refractivity contribution < 1.29 is 28.1 Å². The second kappa shape index (κ2) is 5.88. The maximum atomic E-state index is 14.0. The number of nitrogens with zero attached hydrogens (tertiary/aromatic N) is 1. The molecule has 6 nitrogen and oxygen atoms in total. The van der Waals surface area contributed by atoms with E-state index in [9.17, 15) is 28.1 Å². The predicted octanol–water partition coefficient (Wildman–Crippen LogP) is 3.32. The summed E-state index contributed by atoms with van der Waals surface area (Å²) in [5, 5.41) is 29.4. The average Bonchev–Trinajstić information content (AvgIpc) is 2.63. The highest BCUT2D eigenvalue weighted by atomic mass is 32.2. The maximum absolute atomic E-state index is 14.0. The van der Waals surface area contributed by atoms with Gasteiger partial charge in [-0.3, -0.25) is 4.31 Å². The highest BCUT2D eigenvalue weighted by molar-refractivity contribution is 7.93. The number of sulfonamides is 1. The van der Waals surface area contributed by atoms with Gasteiger partial charge >= 0.3 is 0 Å². The molecule has 1 aliphatic heterocycles. The lowest BCUT2D eigenvalue weighted by molar-refractivity contribution is 0.402. The van der Waals surface area contributed by atoms with Crippen LogP contribution in [0.3, 0.4) is 0 Å². The van der Waals surface area contributed by atoms with E-state index in [0.717, 1.165) is 28.6 Å². The van der Waals surface area contributed by atoms with Gasteiger partial charge in [-0.2, -0.15) is 0 Å². The van der Waals surface area contributed by atoms with E-state index in [1.54, 1.807) is 30.3 Å². The summed E-state index contributed by atoms with van der Waals surface area (Å²) in [6.07, 6.45) is 0. The Morgan fingerprint density at radius 2 is 1.52 bits per heavy atom. The van der Waals surface area contributed by atoms with Crippen LogP contribution in [0.2, 0.25) is 0 Å². The van der Waals surface area contributed by atoms with Crippen LogP contribution in [0.4, 0.5) is 10.1 Å². The summed E-state index contributed by atoms with van der Waals surface area (Å²) < 4.78 is 41.4. The lowest BCUT2D eigenvalue weighted by Crippen LogP contribution is -2.34. The van der Waals surface area contributed by atoms with Gasteiger partial charge in [-0.05, 0) is 17.7 Å². The molecule has 3 aromatic carbocycles. The van der Waals surface area contributed by atoms with E-state index >= 15 is 0 Å². The van der Waals surface area contributed by atoms with Crippen LogP contribution in [-0.4, -0.2) is 23.7 Å². The minimum absolute atomic E-state index is 0.0449. The van der Waals surface area contributed by atoms with Crippen molar-refractivity contribution >= 4 is 15.7 Å². The third kappa shape index (κ3) is 2.65. The molecule has 1 aliphatic rings. The smallest absolute Gasteiger partial charge is 0.265 e. The van der Waals surface area contributed by atoms with Gasteiger partial charge in [0.15, 0.2) is 23.1 Å². The Labute approximate surface area is 154 Å². The fourth-order valence-corrected chi connectivity index (χ4v) is 4.80. The van der Waals surface area contributed by atoms with Crippen LogP contribution in [-0.2, 0) is 16.6 Å². The molecule has 4 rings (SSSR count). The molecule has 0 fully saturated rings. The molecule has 0 amide bonds. The topological polar surface area (TPSA) is 98.1 Å². The molecular weight excluding hydrogens is 373 g/mol. The van der Waals surface area contributed by atoms with Crippen molar-refractivity contribution in [3.05, 3.63) is 66.0 Å². The van der Waals surface area contributed by atoms with Gasteiger partial charge in [0.2, 0.25) is 0 Å². The highest BCUT2D eigenvalue weighted by Crippen LogP contribution is 2.48. The Morgan fingerprint density at radius 1 is 0.852 bits per heavy atom. The van der Waals surface area contributed by atoms with E-state index in [-0.39, 0.29) is 28.3 Å². The number of benzene rings is 3. The second-order valence-corrected chi connectivity index (χ2v) is 7.99. The summed E-state index contributed by atoms with van der Waals surface area (Å²) in [6.45, 7) is -0.0532. The monoisotopic (exact) mass is 387 g/mol. The minimum atomic E-state index is -4.13. The molecule has 1 heterocycles. The van der Waals surface area contributed by atoms with E-state index in [0.29, 0.717) is 5.56 Å². The maximum Gasteiger partial charge on any atom is 0.265 e. The Morgan fingerprint density at radius 3 is 2.22 bits per heavy atom. The number of aromatic hydroxyl groups is 3. The van der Waals surface area contributed by atoms with E-state index in [2.05, 4.69) is 0 Å². The quantitative estimate of drug-likeness (QED) is 0.586. The summed E-state index contributed by atoms with van der Waals surface area (Å²) in [6, 6.07) is 12.8. The van der Waals surface area contributed by atoms with Gasteiger partial charge in [0.1, 0.15) is 0 Å². The van der Waals surface area contributed by atoms with Crippen LogP contribution in [0, 0.1) is 5.82 Å². The van der Waals surface area contributed by atoms with Crippen molar-refractivity contribution in [2.24, 2.45) is 0 Å². The number of phenols is 3. The van der Waals surface area contributed by atoms with Crippen LogP contribution in [0.25, 0.3) is 11.1 Å². The summed E-state index contributed by atoms with van der Waals surface area (Å²) in [5.41, 5.74) is 0.988. The van der Waals surface area contributed by atoms with Gasteiger partial charge in [-0.1, -0.05) is 30.3 Å². The van der Waals surface area contributed by atoms with Crippen LogP contribution in [0.1, 0.15) is 5.56 Å². The summed E-state index contributed by atoms with van der Waals surface area (Å²) in [4.78, 5) is -0.258. The van der Waals surface area contributed by atoms with Gasteiger partial charge in [0.05, 0.1) is 17.1 Å². The molecule has 8 heteroatoms. The molecular formula is C19H14FNO5S. The van der Waals surface area contributed by atoms with E-state index in [1.807, 2.05) is 0 Å². The summed E-state index contributed by atoms with van der Waals surface area (Å²) in [7, 11) is -4.13. The zero-order valence-corrected chi connectivity index (χ0v) is 14.6. The van der Waals surface area contributed by atoms with E-state index in [4.69, 9.17) is 0 Å². The summed E-state index contributed by atoms with van der Waals surface area (Å²) >= 11 is 0. The van der Waals surface area contributed by atoms with Crippen molar-refractivity contribution in [2.45, 2.75) is 11.4 Å². The molecule has 0 radical (unpaired) electrons. The molecule has 0 bridgehead atoms. The number of anilines is 1. The average molecular weight is 387 g/mol. The highest BCUT2D eigenvalue weighted by Gasteiger charge is 2.37. The lowest BCUT2D eigenvalue weighted by Gasteiger charge is -2.32. The molecule has 0 aliphatic carbocycles. The minimum Gasteiger partial charge on any atom is -0.505 e. The Bertz CT molecular complexity index is 1160.